The van der Waals surface area contributed by atoms with Crippen LogP contribution in [0, 0.1) is 41.4 Å². The minimum atomic E-state index is -3.79. The molecule has 1 saturated heterocycles. The molecule has 10 atom stereocenters. The van der Waals surface area contributed by atoms with Crippen molar-refractivity contribution in [2.45, 2.75) is 106 Å². The van der Waals surface area contributed by atoms with Gasteiger partial charge in [-0.05, 0) is 56.4 Å². The summed E-state index contributed by atoms with van der Waals surface area (Å²) in [6, 6.07) is -1.02. The van der Waals surface area contributed by atoms with E-state index in [0.29, 0.717) is 23.0 Å². The number of allylic oxidation sites excluding steroid dienone is 10. The Bertz CT molecular complexity index is 1680. The minimum Gasteiger partial charge on any atom is -0.460 e. The number of hydrogen-bond donors (Lipinski definition) is 3. The molecule has 3 rings (SSSR count). The van der Waals surface area contributed by atoms with Gasteiger partial charge >= 0.3 is 5.97 Å². The molecule has 0 spiro atoms. The van der Waals surface area contributed by atoms with Gasteiger partial charge in [-0.3, -0.25) is 19.3 Å². The Hall–Kier alpha value is -3.22. The quantitative estimate of drug-likeness (QED) is 0.110. The number of aliphatic hydroxyl groups excluding tert-OH is 3. The van der Waals surface area contributed by atoms with Crippen LogP contribution in [0.4, 0.5) is 0 Å². The van der Waals surface area contributed by atoms with Crippen molar-refractivity contribution >= 4 is 27.4 Å². The van der Waals surface area contributed by atoms with Crippen LogP contribution in [0.1, 0.15) is 75.2 Å². The fourth-order valence-electron chi connectivity index (χ4n) is 7.66. The zero-order chi connectivity index (χ0) is 41.2. The molecule has 0 aromatic rings. The number of aliphatic hydroxyl groups is 3. The molecular formula is C44H65NO9S. The number of hydrogen-bond acceptors (Lipinski definition) is 10. The van der Waals surface area contributed by atoms with Gasteiger partial charge in [0.25, 0.3) is 0 Å². The summed E-state index contributed by atoms with van der Waals surface area (Å²) < 4.78 is 32.3. The van der Waals surface area contributed by atoms with Gasteiger partial charge in [0.2, 0.25) is 0 Å². The van der Waals surface area contributed by atoms with Crippen LogP contribution >= 0.6 is 0 Å². The molecule has 3 aliphatic rings. The standard InChI is InChI=1S/C44H65NO9S/c1-27(2)14-10-16-29(5)18-12-20-31(7)37-36(47)24-34(40(48)42(37)50)25-45-22-23-55(52,53)26-35-39(45)44(54-33(9)46)38(43(51)41(35)49)32(8)21-13-19-30(6)17-11-15-28(3)4/h10-13,16-21,24,27-30,35-39,42-44,47,50-51H,14-15,22-23,25-26H2,1-9H3/b16-10+,17-11+,18-12+,19-13+,31-20+,32-21+/t29?,30?,35-,36-,37-,38+,39-,42+,43+,44+/m0/s1. The van der Waals surface area contributed by atoms with Crippen molar-refractivity contribution in [2.24, 2.45) is 41.4 Å². The number of carbonyl (C=O) groups excluding carboxylic acids is 3. The van der Waals surface area contributed by atoms with Crippen LogP contribution in [0.2, 0.25) is 0 Å². The smallest absolute Gasteiger partial charge is 0.302 e. The average molecular weight is 784 g/mol. The maximum atomic E-state index is 13.9. The summed E-state index contributed by atoms with van der Waals surface area (Å²) in [5.74, 6) is -4.63. The van der Waals surface area contributed by atoms with Crippen LogP contribution in [0.3, 0.4) is 0 Å². The molecule has 0 aromatic carbocycles. The van der Waals surface area contributed by atoms with Crippen molar-refractivity contribution in [3.05, 3.63) is 83.6 Å². The Morgan fingerprint density at radius 1 is 0.836 bits per heavy atom. The molecule has 2 fully saturated rings. The summed E-state index contributed by atoms with van der Waals surface area (Å²) in [6.45, 7) is 17.1. The van der Waals surface area contributed by atoms with Crippen molar-refractivity contribution in [3.8, 4) is 0 Å². The van der Waals surface area contributed by atoms with E-state index in [1.807, 2.05) is 31.2 Å². The predicted octanol–water partition coefficient (Wildman–Crippen LogP) is 5.52. The van der Waals surface area contributed by atoms with Crippen LogP contribution in [0.5, 0.6) is 0 Å². The Balaban J connectivity index is 1.96. The monoisotopic (exact) mass is 783 g/mol. The van der Waals surface area contributed by atoms with Gasteiger partial charge in [-0.15, -0.1) is 0 Å². The second-order valence-electron chi connectivity index (χ2n) is 16.6. The summed E-state index contributed by atoms with van der Waals surface area (Å²) >= 11 is 0. The molecule has 306 valence electrons. The molecule has 0 aromatic heterocycles. The summed E-state index contributed by atoms with van der Waals surface area (Å²) in [6.07, 6.45) is 17.4. The number of sulfone groups is 1. The normalized spacial score (nSPS) is 31.1. The minimum absolute atomic E-state index is 0.0629. The van der Waals surface area contributed by atoms with E-state index in [1.165, 1.54) is 13.0 Å². The zero-order valence-electron chi connectivity index (χ0n) is 34.2. The van der Waals surface area contributed by atoms with Crippen molar-refractivity contribution in [3.63, 3.8) is 0 Å². The number of esters is 1. The highest BCUT2D eigenvalue weighted by Crippen LogP contribution is 2.40. The van der Waals surface area contributed by atoms with Gasteiger partial charge < -0.3 is 20.1 Å². The van der Waals surface area contributed by atoms with E-state index in [9.17, 15) is 38.1 Å². The Kier molecular flexibility index (Phi) is 17.5. The topological polar surface area (TPSA) is 159 Å². The first-order valence-electron chi connectivity index (χ1n) is 19.7. The maximum Gasteiger partial charge on any atom is 0.302 e. The van der Waals surface area contributed by atoms with Crippen molar-refractivity contribution in [1.29, 1.82) is 0 Å². The first-order chi connectivity index (χ1) is 25.7. The molecule has 2 unspecified atom stereocenters. The van der Waals surface area contributed by atoms with Gasteiger partial charge in [-0.2, -0.15) is 0 Å². The van der Waals surface area contributed by atoms with E-state index < -0.39 is 81.3 Å². The van der Waals surface area contributed by atoms with E-state index in [0.717, 1.165) is 12.8 Å². The first-order valence-corrected chi connectivity index (χ1v) is 21.5. The largest absolute Gasteiger partial charge is 0.460 e. The average Bonchev–Trinajstić information content (AvgIpc) is 3.20. The summed E-state index contributed by atoms with van der Waals surface area (Å²) in [5, 5.41) is 34.0. The fraction of sp³-hybridized carbons (Fsp3) is 0.614. The van der Waals surface area contributed by atoms with Crippen molar-refractivity contribution < 1.29 is 42.9 Å². The highest BCUT2D eigenvalue weighted by Gasteiger charge is 2.56. The SMILES string of the molecule is CC(=O)O[C@@H]1[C@H](/C(C)=C/C=C/C(C)/C=C/CC(C)C)[C@@H](O)C(=O)[C@H]2CS(=O)(=O)CCN(CC3=C[C@H](O)[C@H](/C(C)=C/C=C/C(C)/C=C/CC(C)C)[C@@H](O)C3=O)[C@H]12. The molecule has 0 amide bonds. The molecule has 55 heavy (non-hydrogen) atoms. The van der Waals surface area contributed by atoms with Gasteiger partial charge in [-0.25, -0.2) is 8.42 Å². The van der Waals surface area contributed by atoms with Gasteiger partial charge in [0.1, 0.15) is 18.3 Å². The number of rotatable bonds is 15. The lowest BCUT2D eigenvalue weighted by molar-refractivity contribution is -0.170. The highest BCUT2D eigenvalue weighted by molar-refractivity contribution is 7.91. The van der Waals surface area contributed by atoms with Gasteiger partial charge in [0.05, 0.1) is 35.5 Å². The number of ketones is 2. The number of ether oxygens (including phenoxy) is 1. The summed E-state index contributed by atoms with van der Waals surface area (Å²) in [5.41, 5.74) is 1.24. The lowest BCUT2D eigenvalue weighted by atomic mass is 9.70. The molecule has 1 heterocycles. The Labute approximate surface area is 329 Å². The third kappa shape index (κ3) is 13.2. The number of fused-ring (bicyclic) bond motifs is 1. The van der Waals surface area contributed by atoms with Crippen LogP contribution in [0.15, 0.2) is 83.6 Å². The molecule has 1 saturated carbocycles. The molecule has 0 bridgehead atoms. The van der Waals surface area contributed by atoms with E-state index in [-0.39, 0.29) is 36.3 Å². The van der Waals surface area contributed by atoms with Crippen LogP contribution in [-0.2, 0) is 29.0 Å². The molecule has 2 aliphatic carbocycles. The van der Waals surface area contributed by atoms with E-state index in [4.69, 9.17) is 4.74 Å². The molecule has 11 heteroatoms. The van der Waals surface area contributed by atoms with E-state index >= 15 is 0 Å². The molecule has 0 radical (unpaired) electrons. The third-order valence-corrected chi connectivity index (χ3v) is 12.4. The van der Waals surface area contributed by atoms with Gasteiger partial charge in [-0.1, -0.05) is 113 Å². The molecule has 3 N–H and O–H groups in total. The molecule has 10 nitrogen and oxygen atoms in total. The van der Waals surface area contributed by atoms with E-state index in [1.54, 1.807) is 30.9 Å². The lowest BCUT2D eigenvalue weighted by Gasteiger charge is -2.47. The second-order valence-corrected chi connectivity index (χ2v) is 18.8. The van der Waals surface area contributed by atoms with Gasteiger partial charge in [0.15, 0.2) is 21.4 Å². The maximum absolute atomic E-state index is 13.9. The molecular weight excluding hydrogens is 719 g/mol. The first kappa shape index (κ1) is 46.2. The van der Waals surface area contributed by atoms with Gasteiger partial charge in [0, 0.05) is 31.5 Å². The highest BCUT2D eigenvalue weighted by atomic mass is 32.2. The van der Waals surface area contributed by atoms with E-state index in [2.05, 4.69) is 58.9 Å². The number of carbonyl (C=O) groups is 3. The van der Waals surface area contributed by atoms with Crippen LogP contribution < -0.4 is 0 Å². The van der Waals surface area contributed by atoms with Crippen LogP contribution in [-0.4, -0.2) is 101 Å². The fourth-order valence-corrected chi connectivity index (χ4v) is 9.25. The second kappa shape index (κ2) is 20.8. The Morgan fingerprint density at radius 2 is 1.36 bits per heavy atom. The third-order valence-electron chi connectivity index (χ3n) is 10.7. The summed E-state index contributed by atoms with van der Waals surface area (Å²) in [4.78, 5) is 41.9. The zero-order valence-corrected chi connectivity index (χ0v) is 35.0. The molecule has 1 aliphatic heterocycles. The predicted molar refractivity (Wildman–Crippen MR) is 217 cm³/mol. The Morgan fingerprint density at radius 3 is 1.87 bits per heavy atom. The van der Waals surface area contributed by atoms with Crippen molar-refractivity contribution in [1.82, 2.24) is 4.90 Å². The van der Waals surface area contributed by atoms with Crippen LogP contribution in [0.25, 0.3) is 0 Å². The lowest BCUT2D eigenvalue weighted by Crippen LogP contribution is -2.64. The summed E-state index contributed by atoms with van der Waals surface area (Å²) in [7, 11) is -3.79. The van der Waals surface area contributed by atoms with Crippen molar-refractivity contribution in [2.75, 3.05) is 24.6 Å². The number of nitrogens with zero attached hydrogens (tertiary/aromatic N) is 1. The number of Topliss-reactive ketones (excluding diaryl/α,β-unsaturated/α-hetero) is 2.